The van der Waals surface area contributed by atoms with Crippen LogP contribution in [0.1, 0.15) is 22.4 Å². The number of aromatic nitrogens is 1. The summed E-state index contributed by atoms with van der Waals surface area (Å²) in [5.74, 6) is 0. The summed E-state index contributed by atoms with van der Waals surface area (Å²) in [5.41, 5.74) is 7.17. The molecule has 0 saturated carbocycles. The Kier molecular flexibility index (Phi) is 3.27. The Balaban J connectivity index is 1.90. The van der Waals surface area contributed by atoms with Crippen LogP contribution in [0.5, 0.6) is 0 Å². The number of hydrogen-bond donors (Lipinski definition) is 0. The van der Waals surface area contributed by atoms with Crippen LogP contribution in [0.15, 0.2) is 48.5 Å². The lowest BCUT2D eigenvalue weighted by Crippen LogP contribution is -2.27. The number of benzene rings is 2. The highest BCUT2D eigenvalue weighted by Gasteiger charge is 2.22. The molecule has 22 heavy (non-hydrogen) atoms. The lowest BCUT2D eigenvalue weighted by atomic mass is 10.0. The highest BCUT2D eigenvalue weighted by atomic mass is 15.1. The molecule has 3 aromatic rings. The zero-order valence-corrected chi connectivity index (χ0v) is 13.3. The summed E-state index contributed by atoms with van der Waals surface area (Å²) >= 11 is 0. The topological polar surface area (TPSA) is 8.17 Å². The van der Waals surface area contributed by atoms with Crippen LogP contribution in [0, 0.1) is 6.92 Å². The van der Waals surface area contributed by atoms with E-state index in [9.17, 15) is 0 Å². The quantitative estimate of drug-likeness (QED) is 0.693. The Morgan fingerprint density at radius 2 is 1.86 bits per heavy atom. The number of nitrogens with zero attached hydrogens (tertiary/aromatic N) is 2. The molecule has 0 saturated heterocycles. The van der Waals surface area contributed by atoms with Crippen molar-refractivity contribution < 1.29 is 0 Å². The molecule has 0 bridgehead atoms. The van der Waals surface area contributed by atoms with Crippen molar-refractivity contribution in [2.75, 3.05) is 13.6 Å². The number of likely N-dealkylation sites (N-methyl/N-ethyl adjacent to an activating group) is 1. The standard InChI is InChI=1S/C20H22N2/c1-15-8-9-19-17(12-15)18-14-21(2)11-10-20(18)22(19)13-16-6-4-3-5-7-16/h3-9,12H,10-11,13-14H2,1-2H3. The van der Waals surface area contributed by atoms with Crippen molar-refractivity contribution in [1.82, 2.24) is 9.47 Å². The molecule has 0 radical (unpaired) electrons. The first-order valence-electron chi connectivity index (χ1n) is 8.05. The van der Waals surface area contributed by atoms with Crippen molar-refractivity contribution in [2.24, 2.45) is 0 Å². The maximum atomic E-state index is 2.53. The summed E-state index contributed by atoms with van der Waals surface area (Å²) in [5, 5.41) is 1.44. The average Bonchev–Trinajstić information content (AvgIpc) is 2.81. The molecule has 112 valence electrons. The molecule has 0 fully saturated rings. The van der Waals surface area contributed by atoms with Gasteiger partial charge in [0, 0.05) is 42.7 Å². The van der Waals surface area contributed by atoms with Gasteiger partial charge in [0.1, 0.15) is 0 Å². The molecule has 0 N–H and O–H groups in total. The monoisotopic (exact) mass is 290 g/mol. The van der Waals surface area contributed by atoms with Crippen molar-refractivity contribution in [3.05, 3.63) is 70.9 Å². The zero-order chi connectivity index (χ0) is 15.1. The van der Waals surface area contributed by atoms with E-state index in [0.717, 1.165) is 26.1 Å². The number of rotatable bonds is 2. The first-order chi connectivity index (χ1) is 10.7. The predicted molar refractivity (Wildman–Crippen MR) is 92.3 cm³/mol. The third-order valence-electron chi connectivity index (χ3n) is 4.78. The minimum absolute atomic E-state index is 0.972. The molecule has 0 aliphatic carbocycles. The van der Waals surface area contributed by atoms with Crippen molar-refractivity contribution in [3.8, 4) is 0 Å². The second-order valence-electron chi connectivity index (χ2n) is 6.51. The maximum absolute atomic E-state index is 2.53. The van der Waals surface area contributed by atoms with E-state index in [2.05, 4.69) is 72.0 Å². The Bertz CT molecular complexity index is 815. The first kappa shape index (κ1) is 13.6. The Labute approximate surface area is 132 Å². The molecular formula is C20H22N2. The van der Waals surface area contributed by atoms with E-state index >= 15 is 0 Å². The van der Waals surface area contributed by atoms with Crippen LogP contribution in [0.4, 0.5) is 0 Å². The van der Waals surface area contributed by atoms with Gasteiger partial charge in [-0.1, -0.05) is 42.0 Å². The third kappa shape index (κ3) is 2.24. The van der Waals surface area contributed by atoms with Crippen molar-refractivity contribution in [2.45, 2.75) is 26.4 Å². The molecule has 2 heteroatoms. The molecule has 1 aromatic heterocycles. The van der Waals surface area contributed by atoms with Crippen LogP contribution in [-0.4, -0.2) is 23.1 Å². The largest absolute Gasteiger partial charge is 0.340 e. The van der Waals surface area contributed by atoms with E-state index in [4.69, 9.17) is 0 Å². The van der Waals surface area contributed by atoms with Crippen LogP contribution in [-0.2, 0) is 19.5 Å². The molecule has 2 nitrogen and oxygen atoms in total. The van der Waals surface area contributed by atoms with Crippen molar-refractivity contribution in [1.29, 1.82) is 0 Å². The van der Waals surface area contributed by atoms with Gasteiger partial charge in [0.05, 0.1) is 0 Å². The molecular weight excluding hydrogens is 268 g/mol. The highest BCUT2D eigenvalue weighted by Crippen LogP contribution is 2.31. The van der Waals surface area contributed by atoms with Crippen LogP contribution in [0.25, 0.3) is 10.9 Å². The van der Waals surface area contributed by atoms with E-state index in [1.165, 1.54) is 33.3 Å². The molecule has 2 heterocycles. The van der Waals surface area contributed by atoms with Gasteiger partial charge in [0.2, 0.25) is 0 Å². The van der Waals surface area contributed by atoms with Gasteiger partial charge >= 0.3 is 0 Å². The second-order valence-corrected chi connectivity index (χ2v) is 6.51. The lowest BCUT2D eigenvalue weighted by Gasteiger charge is -2.24. The third-order valence-corrected chi connectivity index (χ3v) is 4.78. The smallest absolute Gasteiger partial charge is 0.0489 e. The molecule has 1 aliphatic rings. The fraction of sp³-hybridized carbons (Fsp3) is 0.300. The SMILES string of the molecule is Cc1ccc2c(c1)c1c(n2Cc2ccccc2)CCN(C)C1. The summed E-state index contributed by atoms with van der Waals surface area (Å²) in [6, 6.07) is 17.7. The van der Waals surface area contributed by atoms with Gasteiger partial charge in [-0.3, -0.25) is 0 Å². The van der Waals surface area contributed by atoms with Gasteiger partial charge in [-0.2, -0.15) is 0 Å². The maximum Gasteiger partial charge on any atom is 0.0489 e. The van der Waals surface area contributed by atoms with Gasteiger partial charge in [-0.05, 0) is 37.2 Å². The van der Waals surface area contributed by atoms with Gasteiger partial charge in [-0.15, -0.1) is 0 Å². The van der Waals surface area contributed by atoms with E-state index in [0.29, 0.717) is 0 Å². The molecule has 0 atom stereocenters. The van der Waals surface area contributed by atoms with Gasteiger partial charge < -0.3 is 9.47 Å². The number of hydrogen-bond acceptors (Lipinski definition) is 1. The van der Waals surface area contributed by atoms with Crippen LogP contribution in [0.2, 0.25) is 0 Å². The highest BCUT2D eigenvalue weighted by molar-refractivity contribution is 5.86. The fourth-order valence-electron chi connectivity index (χ4n) is 3.65. The molecule has 0 unspecified atom stereocenters. The minimum Gasteiger partial charge on any atom is -0.340 e. The molecule has 4 rings (SSSR count). The normalized spacial score (nSPS) is 15.2. The van der Waals surface area contributed by atoms with Crippen LogP contribution in [0.3, 0.4) is 0 Å². The van der Waals surface area contributed by atoms with E-state index in [1.807, 2.05) is 0 Å². The zero-order valence-electron chi connectivity index (χ0n) is 13.3. The van der Waals surface area contributed by atoms with Gasteiger partial charge in [-0.25, -0.2) is 0 Å². The summed E-state index contributed by atoms with van der Waals surface area (Å²) in [6.07, 6.45) is 1.15. The Morgan fingerprint density at radius 1 is 1.05 bits per heavy atom. The first-order valence-corrected chi connectivity index (χ1v) is 8.05. The number of aryl methyl sites for hydroxylation is 1. The minimum atomic E-state index is 0.972. The summed E-state index contributed by atoms with van der Waals surface area (Å²) in [6.45, 7) is 5.38. The van der Waals surface area contributed by atoms with E-state index in [1.54, 1.807) is 0 Å². The Hall–Kier alpha value is -2.06. The van der Waals surface area contributed by atoms with Gasteiger partial charge in [0.15, 0.2) is 0 Å². The van der Waals surface area contributed by atoms with Crippen LogP contribution >= 0.6 is 0 Å². The summed E-state index contributed by atoms with van der Waals surface area (Å²) in [7, 11) is 2.22. The second kappa shape index (κ2) is 5.29. The number of fused-ring (bicyclic) bond motifs is 3. The predicted octanol–water partition coefficient (Wildman–Crippen LogP) is 3.99. The average molecular weight is 290 g/mol. The van der Waals surface area contributed by atoms with E-state index in [-0.39, 0.29) is 0 Å². The summed E-state index contributed by atoms with van der Waals surface area (Å²) in [4.78, 5) is 2.43. The molecule has 0 amide bonds. The lowest BCUT2D eigenvalue weighted by molar-refractivity contribution is 0.310. The molecule has 1 aliphatic heterocycles. The molecule has 0 spiro atoms. The fourth-order valence-corrected chi connectivity index (χ4v) is 3.65. The van der Waals surface area contributed by atoms with Crippen molar-refractivity contribution in [3.63, 3.8) is 0 Å². The molecule has 2 aromatic carbocycles. The summed E-state index contributed by atoms with van der Waals surface area (Å²) < 4.78 is 2.53. The van der Waals surface area contributed by atoms with Gasteiger partial charge in [0.25, 0.3) is 0 Å². The van der Waals surface area contributed by atoms with Crippen molar-refractivity contribution >= 4 is 10.9 Å². The van der Waals surface area contributed by atoms with Crippen LogP contribution < -0.4 is 0 Å². The van der Waals surface area contributed by atoms with E-state index < -0.39 is 0 Å². The Morgan fingerprint density at radius 3 is 2.68 bits per heavy atom.